The van der Waals surface area contributed by atoms with Crippen molar-refractivity contribution in [3.05, 3.63) is 23.8 Å². The van der Waals surface area contributed by atoms with E-state index in [4.69, 9.17) is 14.0 Å². The molecule has 4 nitrogen and oxygen atoms in total. The van der Waals surface area contributed by atoms with Crippen molar-refractivity contribution in [1.82, 2.24) is 0 Å². The van der Waals surface area contributed by atoms with Crippen molar-refractivity contribution >= 4 is 12.6 Å². The van der Waals surface area contributed by atoms with Gasteiger partial charge in [-0.3, -0.25) is 0 Å². The highest BCUT2D eigenvalue weighted by Gasteiger charge is 2.51. The molecule has 1 heterocycles. The van der Waals surface area contributed by atoms with Gasteiger partial charge in [0, 0.05) is 5.56 Å². The van der Waals surface area contributed by atoms with Gasteiger partial charge >= 0.3 is 7.12 Å². The minimum atomic E-state index is -0.423. The first-order chi connectivity index (χ1) is 9.66. The predicted molar refractivity (Wildman–Crippen MR) is 83.8 cm³/mol. The summed E-state index contributed by atoms with van der Waals surface area (Å²) in [6.07, 6.45) is 0.0676. The topological polar surface area (TPSA) is 47.9 Å². The van der Waals surface area contributed by atoms with Gasteiger partial charge in [0.1, 0.15) is 5.75 Å². The summed E-state index contributed by atoms with van der Waals surface area (Å²) >= 11 is 0. The number of benzene rings is 1. The fourth-order valence-electron chi connectivity index (χ4n) is 2.22. The van der Waals surface area contributed by atoms with E-state index in [0.717, 1.165) is 11.0 Å². The summed E-state index contributed by atoms with van der Waals surface area (Å²) < 4.78 is 17.7. The van der Waals surface area contributed by atoms with Gasteiger partial charge in [-0.05, 0) is 53.1 Å². The smallest absolute Gasteiger partial charge is 0.491 e. The molecule has 1 N–H and O–H groups in total. The molecule has 0 amide bonds. The molecule has 1 aromatic rings. The molecule has 1 aliphatic heterocycles. The van der Waals surface area contributed by atoms with E-state index < -0.39 is 7.12 Å². The molecule has 1 fully saturated rings. The average Bonchev–Trinajstić information content (AvgIpc) is 2.58. The van der Waals surface area contributed by atoms with Crippen LogP contribution in [0.1, 0.15) is 47.1 Å². The number of hydrogen-bond acceptors (Lipinski definition) is 4. The lowest BCUT2D eigenvalue weighted by molar-refractivity contribution is 0.00578. The van der Waals surface area contributed by atoms with Crippen LogP contribution in [-0.4, -0.2) is 29.5 Å². The maximum Gasteiger partial charge on any atom is 0.494 e. The van der Waals surface area contributed by atoms with Crippen molar-refractivity contribution in [2.24, 2.45) is 0 Å². The molecule has 1 aliphatic rings. The summed E-state index contributed by atoms with van der Waals surface area (Å²) in [5.74, 6) is 0.702. The lowest BCUT2D eigenvalue weighted by Gasteiger charge is -2.32. The lowest BCUT2D eigenvalue weighted by atomic mass is 9.78. The van der Waals surface area contributed by atoms with Gasteiger partial charge < -0.3 is 19.2 Å². The Morgan fingerprint density at radius 1 is 1.14 bits per heavy atom. The molecule has 0 aromatic heterocycles. The van der Waals surface area contributed by atoms with Crippen molar-refractivity contribution in [3.8, 4) is 5.75 Å². The molecule has 2 rings (SSSR count). The number of rotatable bonds is 4. The van der Waals surface area contributed by atoms with Crippen molar-refractivity contribution in [2.75, 3.05) is 0 Å². The Morgan fingerprint density at radius 2 is 1.71 bits per heavy atom. The van der Waals surface area contributed by atoms with Crippen LogP contribution < -0.4 is 10.2 Å². The fraction of sp³-hybridized carbons (Fsp3) is 0.625. The van der Waals surface area contributed by atoms with Crippen LogP contribution in [0.25, 0.3) is 0 Å². The second-order valence-electron chi connectivity index (χ2n) is 6.78. The first-order valence-electron chi connectivity index (χ1n) is 7.42. The second kappa shape index (κ2) is 5.63. The number of hydrogen-bond donors (Lipinski definition) is 1. The third kappa shape index (κ3) is 3.25. The van der Waals surface area contributed by atoms with E-state index in [0.29, 0.717) is 5.75 Å². The summed E-state index contributed by atoms with van der Waals surface area (Å²) in [5, 5.41) is 9.54. The largest absolute Gasteiger partial charge is 0.494 e. The Hall–Kier alpha value is -1.04. The van der Waals surface area contributed by atoms with Gasteiger partial charge in [0.05, 0.1) is 23.9 Å². The zero-order chi connectivity index (χ0) is 15.8. The van der Waals surface area contributed by atoms with Crippen molar-refractivity contribution in [3.63, 3.8) is 0 Å². The van der Waals surface area contributed by atoms with E-state index in [1.165, 1.54) is 0 Å². The highest BCUT2D eigenvalue weighted by molar-refractivity contribution is 6.62. The van der Waals surface area contributed by atoms with Crippen molar-refractivity contribution in [1.29, 1.82) is 0 Å². The molecule has 1 saturated heterocycles. The molecule has 5 heteroatoms. The summed E-state index contributed by atoms with van der Waals surface area (Å²) in [6.45, 7) is 11.9. The van der Waals surface area contributed by atoms with Gasteiger partial charge in [-0.15, -0.1) is 0 Å². The normalized spacial score (nSPS) is 20.1. The molecule has 0 aliphatic carbocycles. The van der Waals surface area contributed by atoms with Crippen LogP contribution in [-0.2, 0) is 15.9 Å². The lowest BCUT2D eigenvalue weighted by Crippen LogP contribution is -2.41. The second-order valence-corrected chi connectivity index (χ2v) is 6.78. The Balaban J connectivity index is 2.26. The number of ether oxygens (including phenoxy) is 1. The van der Waals surface area contributed by atoms with Gasteiger partial charge in [0.2, 0.25) is 0 Å². The van der Waals surface area contributed by atoms with Gasteiger partial charge in [-0.25, -0.2) is 0 Å². The van der Waals surface area contributed by atoms with E-state index >= 15 is 0 Å². The molecule has 0 spiro atoms. The molecule has 0 bridgehead atoms. The fourth-order valence-corrected chi connectivity index (χ4v) is 2.22. The maximum atomic E-state index is 9.54. The van der Waals surface area contributed by atoms with Crippen LogP contribution in [0.5, 0.6) is 5.75 Å². The SMILES string of the molecule is CC(C)Oc1ccc(B2OC(C)(C)C(C)(C)O2)cc1CO. The Bertz CT molecular complexity index is 495. The van der Waals surface area contributed by atoms with E-state index in [1.807, 2.05) is 59.7 Å². The average molecular weight is 292 g/mol. The van der Waals surface area contributed by atoms with Crippen LogP contribution in [0, 0.1) is 0 Å². The molecule has 0 radical (unpaired) electrons. The molecule has 0 unspecified atom stereocenters. The van der Waals surface area contributed by atoms with E-state index in [1.54, 1.807) is 0 Å². The quantitative estimate of drug-likeness (QED) is 0.865. The molecule has 21 heavy (non-hydrogen) atoms. The third-order valence-corrected chi connectivity index (χ3v) is 4.14. The van der Waals surface area contributed by atoms with Crippen LogP contribution in [0.3, 0.4) is 0 Å². The van der Waals surface area contributed by atoms with E-state index in [-0.39, 0.29) is 23.9 Å². The Labute approximate surface area is 127 Å². The van der Waals surface area contributed by atoms with Crippen molar-refractivity contribution in [2.45, 2.75) is 65.5 Å². The first-order valence-corrected chi connectivity index (χ1v) is 7.42. The van der Waals surface area contributed by atoms with Gasteiger partial charge in [-0.2, -0.15) is 0 Å². The van der Waals surface area contributed by atoms with Crippen LogP contribution in [0.2, 0.25) is 0 Å². The maximum absolute atomic E-state index is 9.54. The van der Waals surface area contributed by atoms with E-state index in [2.05, 4.69) is 0 Å². The molecule has 116 valence electrons. The Morgan fingerprint density at radius 3 is 2.19 bits per heavy atom. The van der Waals surface area contributed by atoms with Crippen LogP contribution in [0.4, 0.5) is 0 Å². The highest BCUT2D eigenvalue weighted by atomic mass is 16.7. The van der Waals surface area contributed by atoms with Gasteiger partial charge in [-0.1, -0.05) is 12.1 Å². The summed E-state index contributed by atoms with van der Waals surface area (Å²) in [4.78, 5) is 0. The summed E-state index contributed by atoms with van der Waals surface area (Å²) in [7, 11) is -0.423. The molecule has 0 atom stereocenters. The van der Waals surface area contributed by atoms with Crippen molar-refractivity contribution < 1.29 is 19.2 Å². The summed E-state index contributed by atoms with van der Waals surface area (Å²) in [6, 6.07) is 5.69. The molecular weight excluding hydrogens is 267 g/mol. The zero-order valence-electron chi connectivity index (χ0n) is 13.8. The first kappa shape index (κ1) is 16.3. The minimum Gasteiger partial charge on any atom is -0.491 e. The molecular formula is C16H25BO4. The van der Waals surface area contributed by atoms with Crippen LogP contribution >= 0.6 is 0 Å². The van der Waals surface area contributed by atoms with Gasteiger partial charge in [0.25, 0.3) is 0 Å². The monoisotopic (exact) mass is 292 g/mol. The highest BCUT2D eigenvalue weighted by Crippen LogP contribution is 2.36. The number of aliphatic hydroxyl groups is 1. The van der Waals surface area contributed by atoms with Gasteiger partial charge in [0.15, 0.2) is 0 Å². The molecule has 0 saturated carbocycles. The summed E-state index contributed by atoms with van der Waals surface area (Å²) in [5.41, 5.74) is 0.901. The Kier molecular flexibility index (Phi) is 4.38. The zero-order valence-corrected chi connectivity index (χ0v) is 13.8. The minimum absolute atomic E-state index is 0.0676. The third-order valence-electron chi connectivity index (χ3n) is 4.14. The standard InChI is InChI=1S/C16H25BO4/c1-11(2)19-14-8-7-13(9-12(14)10-18)17-20-15(3,4)16(5,6)21-17/h7-9,11,18H,10H2,1-6H3. The van der Waals surface area contributed by atoms with Crippen LogP contribution in [0.15, 0.2) is 18.2 Å². The molecule has 1 aromatic carbocycles. The predicted octanol–water partition coefficient (Wildman–Crippen LogP) is 2.27. The number of aliphatic hydroxyl groups excluding tert-OH is 1. The van der Waals surface area contributed by atoms with E-state index in [9.17, 15) is 5.11 Å².